The molecule has 0 spiro atoms. The summed E-state index contributed by atoms with van der Waals surface area (Å²) in [5.41, 5.74) is 1.71. The number of hydrogen-bond acceptors (Lipinski definition) is 6. The predicted molar refractivity (Wildman–Crippen MR) is 113 cm³/mol. The van der Waals surface area contributed by atoms with E-state index in [1.54, 1.807) is 49.4 Å². The summed E-state index contributed by atoms with van der Waals surface area (Å²) in [6.45, 7) is 1.59. The van der Waals surface area contributed by atoms with E-state index >= 15 is 0 Å². The van der Waals surface area contributed by atoms with Crippen LogP contribution in [0.2, 0.25) is 0 Å². The molecule has 150 valence electrons. The standard InChI is InChI=1S/C22H17N3O4S/c1-14-20(22(27)18-7-3-2-6-17(18)21(14)26)24-15-9-11-16(12-10-15)30(28,29)25-19-8-4-5-13-23-19/h2-13,24H,1H3,(H,23,25). The number of carbonyl (C=O) groups excluding carboxylic acids is 2. The quantitative estimate of drug-likeness (QED) is 0.654. The summed E-state index contributed by atoms with van der Waals surface area (Å²) in [7, 11) is -3.81. The molecule has 30 heavy (non-hydrogen) atoms. The number of nitrogens with zero attached hydrogens (tertiary/aromatic N) is 1. The fourth-order valence-corrected chi connectivity index (χ4v) is 4.14. The second-order valence-electron chi connectivity index (χ2n) is 6.67. The van der Waals surface area contributed by atoms with Crippen molar-refractivity contribution in [3.8, 4) is 0 Å². The molecule has 0 atom stereocenters. The molecule has 0 aliphatic heterocycles. The zero-order valence-corrected chi connectivity index (χ0v) is 16.7. The lowest BCUT2D eigenvalue weighted by molar-refractivity contribution is 0.0976. The van der Waals surface area contributed by atoms with Crippen molar-refractivity contribution < 1.29 is 18.0 Å². The van der Waals surface area contributed by atoms with Crippen molar-refractivity contribution in [2.45, 2.75) is 11.8 Å². The molecular weight excluding hydrogens is 402 g/mol. The zero-order chi connectivity index (χ0) is 21.3. The number of anilines is 2. The van der Waals surface area contributed by atoms with Gasteiger partial charge < -0.3 is 5.32 Å². The van der Waals surface area contributed by atoms with Crippen LogP contribution in [-0.2, 0) is 10.0 Å². The van der Waals surface area contributed by atoms with Gasteiger partial charge in [0.1, 0.15) is 5.82 Å². The molecule has 0 radical (unpaired) electrons. The van der Waals surface area contributed by atoms with Gasteiger partial charge in [-0.2, -0.15) is 0 Å². The van der Waals surface area contributed by atoms with Crippen molar-refractivity contribution in [3.63, 3.8) is 0 Å². The topological polar surface area (TPSA) is 105 Å². The van der Waals surface area contributed by atoms with E-state index in [0.29, 0.717) is 22.4 Å². The van der Waals surface area contributed by atoms with Gasteiger partial charge in [0.2, 0.25) is 5.78 Å². The Morgan fingerprint density at radius 2 is 1.43 bits per heavy atom. The van der Waals surface area contributed by atoms with Crippen molar-refractivity contribution in [2.24, 2.45) is 0 Å². The van der Waals surface area contributed by atoms with E-state index < -0.39 is 10.0 Å². The maximum Gasteiger partial charge on any atom is 0.263 e. The summed E-state index contributed by atoms with van der Waals surface area (Å²) >= 11 is 0. The van der Waals surface area contributed by atoms with E-state index in [-0.39, 0.29) is 28.0 Å². The van der Waals surface area contributed by atoms with E-state index in [1.807, 2.05) is 0 Å². The third-order valence-electron chi connectivity index (χ3n) is 4.70. The fourth-order valence-electron chi connectivity index (χ4n) is 3.13. The number of rotatable bonds is 5. The van der Waals surface area contributed by atoms with Gasteiger partial charge in [0.05, 0.1) is 10.6 Å². The van der Waals surface area contributed by atoms with Crippen LogP contribution in [0.15, 0.2) is 89.1 Å². The summed E-state index contributed by atoms with van der Waals surface area (Å²) in [6.07, 6.45) is 1.49. The second kappa shape index (κ2) is 7.57. The van der Waals surface area contributed by atoms with Crippen LogP contribution in [-0.4, -0.2) is 25.0 Å². The fraction of sp³-hybridized carbons (Fsp3) is 0.0455. The lowest BCUT2D eigenvalue weighted by Crippen LogP contribution is -2.25. The average molecular weight is 419 g/mol. The van der Waals surface area contributed by atoms with E-state index in [0.717, 1.165) is 0 Å². The molecule has 8 heteroatoms. The molecule has 0 bridgehead atoms. The first-order valence-corrected chi connectivity index (χ1v) is 10.6. The predicted octanol–water partition coefficient (Wildman–Crippen LogP) is 3.65. The van der Waals surface area contributed by atoms with Crippen molar-refractivity contribution in [2.75, 3.05) is 10.0 Å². The lowest BCUT2D eigenvalue weighted by atomic mass is 9.88. The molecule has 1 aromatic heterocycles. The second-order valence-corrected chi connectivity index (χ2v) is 8.36. The van der Waals surface area contributed by atoms with Crippen LogP contribution in [0.1, 0.15) is 27.6 Å². The molecular formula is C22H17N3O4S. The third-order valence-corrected chi connectivity index (χ3v) is 6.07. The molecule has 0 fully saturated rings. The average Bonchev–Trinajstić information content (AvgIpc) is 2.76. The van der Waals surface area contributed by atoms with Gasteiger partial charge >= 0.3 is 0 Å². The number of sulfonamides is 1. The summed E-state index contributed by atoms with van der Waals surface area (Å²) in [4.78, 5) is 29.4. The number of benzene rings is 2. The minimum absolute atomic E-state index is 0.0424. The Kier molecular flexibility index (Phi) is 4.93. The van der Waals surface area contributed by atoms with Crippen LogP contribution in [0.5, 0.6) is 0 Å². The van der Waals surface area contributed by atoms with Gasteiger partial charge in [0.15, 0.2) is 5.78 Å². The summed E-state index contributed by atoms with van der Waals surface area (Å²) in [6, 6.07) is 17.5. The van der Waals surface area contributed by atoms with E-state index in [4.69, 9.17) is 0 Å². The molecule has 0 saturated carbocycles. The number of pyridine rings is 1. The van der Waals surface area contributed by atoms with Crippen molar-refractivity contribution >= 4 is 33.1 Å². The number of allylic oxidation sites excluding steroid dienone is 2. The Labute approximate surface area is 173 Å². The smallest absolute Gasteiger partial charge is 0.263 e. The van der Waals surface area contributed by atoms with E-state index in [2.05, 4.69) is 15.0 Å². The van der Waals surface area contributed by atoms with Crippen molar-refractivity contribution in [3.05, 3.63) is 95.3 Å². The largest absolute Gasteiger partial charge is 0.352 e. The molecule has 1 heterocycles. The maximum atomic E-state index is 12.8. The molecule has 2 aromatic carbocycles. The highest BCUT2D eigenvalue weighted by atomic mass is 32.2. The Balaban J connectivity index is 1.58. The summed E-state index contributed by atoms with van der Waals surface area (Å²) in [5, 5.41) is 2.96. The first-order chi connectivity index (χ1) is 14.4. The van der Waals surface area contributed by atoms with Crippen LogP contribution in [0.25, 0.3) is 0 Å². The van der Waals surface area contributed by atoms with Crippen LogP contribution in [0, 0.1) is 0 Å². The van der Waals surface area contributed by atoms with Gasteiger partial charge in [0, 0.05) is 28.6 Å². The molecule has 4 rings (SSSR count). The molecule has 1 aliphatic rings. The number of hydrogen-bond donors (Lipinski definition) is 2. The maximum absolute atomic E-state index is 12.8. The minimum atomic E-state index is -3.81. The van der Waals surface area contributed by atoms with Crippen LogP contribution in [0.4, 0.5) is 11.5 Å². The first kappa shape index (κ1) is 19.5. The Morgan fingerprint density at radius 3 is 2.07 bits per heavy atom. The van der Waals surface area contributed by atoms with Gasteiger partial charge in [-0.25, -0.2) is 13.4 Å². The van der Waals surface area contributed by atoms with Crippen LogP contribution in [0.3, 0.4) is 0 Å². The molecule has 0 amide bonds. The van der Waals surface area contributed by atoms with Crippen molar-refractivity contribution in [1.82, 2.24) is 4.98 Å². The number of carbonyl (C=O) groups is 2. The highest BCUT2D eigenvalue weighted by Gasteiger charge is 2.29. The molecule has 3 aromatic rings. The van der Waals surface area contributed by atoms with E-state index in [9.17, 15) is 18.0 Å². The number of Topliss-reactive ketones (excluding diaryl/α,β-unsaturated/α-hetero) is 2. The van der Waals surface area contributed by atoms with Gasteiger partial charge in [0.25, 0.3) is 10.0 Å². The van der Waals surface area contributed by atoms with Gasteiger partial charge in [-0.05, 0) is 43.3 Å². The number of fused-ring (bicyclic) bond motifs is 1. The molecule has 0 saturated heterocycles. The summed E-state index contributed by atoms with van der Waals surface area (Å²) < 4.78 is 27.4. The number of ketones is 2. The number of nitrogens with one attached hydrogen (secondary N) is 2. The minimum Gasteiger partial charge on any atom is -0.352 e. The van der Waals surface area contributed by atoms with Crippen LogP contribution >= 0.6 is 0 Å². The van der Waals surface area contributed by atoms with Gasteiger partial charge in [-0.1, -0.05) is 30.3 Å². The Morgan fingerprint density at radius 1 is 0.800 bits per heavy atom. The van der Waals surface area contributed by atoms with Crippen LogP contribution < -0.4 is 10.0 Å². The first-order valence-electron chi connectivity index (χ1n) is 9.07. The molecule has 2 N–H and O–H groups in total. The normalized spacial score (nSPS) is 13.8. The Hall–Kier alpha value is -3.78. The number of aromatic nitrogens is 1. The summed E-state index contributed by atoms with van der Waals surface area (Å²) in [5.74, 6) is -0.284. The third kappa shape index (κ3) is 3.60. The SMILES string of the molecule is CC1=C(Nc2ccc(S(=O)(=O)Nc3ccccn3)cc2)C(=O)c2ccccc2C1=O. The highest BCUT2D eigenvalue weighted by Crippen LogP contribution is 2.27. The van der Waals surface area contributed by atoms with E-state index in [1.165, 1.54) is 30.5 Å². The molecule has 1 aliphatic carbocycles. The van der Waals surface area contributed by atoms with Gasteiger partial charge in [-0.3, -0.25) is 14.3 Å². The molecule has 7 nitrogen and oxygen atoms in total. The monoisotopic (exact) mass is 419 g/mol. The van der Waals surface area contributed by atoms with Gasteiger partial charge in [-0.15, -0.1) is 0 Å². The molecule has 0 unspecified atom stereocenters. The zero-order valence-electron chi connectivity index (χ0n) is 15.9. The highest BCUT2D eigenvalue weighted by molar-refractivity contribution is 7.92. The lowest BCUT2D eigenvalue weighted by Gasteiger charge is -2.20. The Bertz CT molecular complexity index is 1280. The van der Waals surface area contributed by atoms with Crippen molar-refractivity contribution in [1.29, 1.82) is 0 Å².